The molecule has 0 atom stereocenters. The molecule has 0 spiro atoms. The van der Waals surface area contributed by atoms with Crippen LogP contribution >= 0.6 is 0 Å². The SMILES string of the molecule is CC(C)N(C)C(=O)c1ccc(CNC(=O)c2cnn3c2[nH]c(=O)c2ccccc23)cc1. The molecule has 0 aliphatic carbocycles. The fourth-order valence-electron chi connectivity index (χ4n) is 3.32. The molecule has 0 fully saturated rings. The predicted molar refractivity (Wildman–Crippen MR) is 118 cm³/mol. The van der Waals surface area contributed by atoms with E-state index in [-0.39, 0.29) is 35.5 Å². The van der Waals surface area contributed by atoms with Crippen LogP contribution in [0.15, 0.2) is 59.5 Å². The van der Waals surface area contributed by atoms with Crippen molar-refractivity contribution in [2.45, 2.75) is 26.4 Å². The van der Waals surface area contributed by atoms with Gasteiger partial charge in [-0.2, -0.15) is 5.10 Å². The van der Waals surface area contributed by atoms with E-state index in [0.717, 1.165) is 5.56 Å². The van der Waals surface area contributed by atoms with Crippen molar-refractivity contribution in [3.05, 3.63) is 81.8 Å². The first-order chi connectivity index (χ1) is 14.9. The molecule has 2 N–H and O–H groups in total. The lowest BCUT2D eigenvalue weighted by molar-refractivity contribution is 0.0754. The van der Waals surface area contributed by atoms with Crippen LogP contribution < -0.4 is 10.9 Å². The zero-order chi connectivity index (χ0) is 22.1. The minimum atomic E-state index is -0.347. The Kier molecular flexibility index (Phi) is 5.29. The second-order valence-electron chi connectivity index (χ2n) is 7.68. The molecular weight excluding hydrogens is 394 g/mol. The summed E-state index contributed by atoms with van der Waals surface area (Å²) in [5.41, 5.74) is 2.44. The van der Waals surface area contributed by atoms with E-state index in [1.165, 1.54) is 6.20 Å². The van der Waals surface area contributed by atoms with Gasteiger partial charge in [0.2, 0.25) is 0 Å². The first-order valence-electron chi connectivity index (χ1n) is 10.00. The van der Waals surface area contributed by atoms with Gasteiger partial charge < -0.3 is 15.2 Å². The van der Waals surface area contributed by atoms with E-state index in [4.69, 9.17) is 0 Å². The molecule has 0 unspecified atom stereocenters. The Hall–Kier alpha value is -3.94. The van der Waals surface area contributed by atoms with E-state index >= 15 is 0 Å². The number of para-hydroxylation sites is 1. The summed E-state index contributed by atoms with van der Waals surface area (Å²) in [6, 6.07) is 14.3. The van der Waals surface area contributed by atoms with Crippen LogP contribution in [0.1, 0.15) is 40.1 Å². The third kappa shape index (κ3) is 3.79. The first kappa shape index (κ1) is 20.3. The average Bonchev–Trinajstić information content (AvgIpc) is 3.21. The Morgan fingerprint density at radius 3 is 2.55 bits per heavy atom. The van der Waals surface area contributed by atoms with Crippen molar-refractivity contribution in [3.63, 3.8) is 0 Å². The molecule has 2 heterocycles. The standard InChI is InChI=1S/C23H23N5O3/c1-14(2)27(3)23(31)16-10-8-15(9-11-16)12-24-21(29)18-13-25-28-19-7-5-4-6-17(19)22(30)26-20(18)28/h4-11,13-14H,12H2,1-3H3,(H,24,29)(H,26,30). The number of H-pyrrole nitrogens is 1. The predicted octanol–water partition coefficient (Wildman–Crippen LogP) is 2.59. The molecule has 0 bridgehead atoms. The highest BCUT2D eigenvalue weighted by Gasteiger charge is 2.17. The van der Waals surface area contributed by atoms with Gasteiger partial charge in [0.15, 0.2) is 0 Å². The fraction of sp³-hybridized carbons (Fsp3) is 0.217. The van der Waals surface area contributed by atoms with Gasteiger partial charge in [-0.15, -0.1) is 0 Å². The molecular formula is C23H23N5O3. The van der Waals surface area contributed by atoms with E-state index in [2.05, 4.69) is 15.4 Å². The number of nitrogens with zero attached hydrogens (tertiary/aromatic N) is 3. The second kappa shape index (κ2) is 8.06. The van der Waals surface area contributed by atoms with Gasteiger partial charge in [-0.05, 0) is 43.7 Å². The molecule has 0 saturated carbocycles. The van der Waals surface area contributed by atoms with Crippen molar-refractivity contribution in [1.82, 2.24) is 24.8 Å². The van der Waals surface area contributed by atoms with Gasteiger partial charge >= 0.3 is 0 Å². The maximum absolute atomic E-state index is 12.7. The highest BCUT2D eigenvalue weighted by atomic mass is 16.2. The van der Waals surface area contributed by atoms with E-state index < -0.39 is 0 Å². The number of aromatic amines is 1. The van der Waals surface area contributed by atoms with Crippen LogP contribution in [0, 0.1) is 0 Å². The van der Waals surface area contributed by atoms with Gasteiger partial charge in [0.25, 0.3) is 17.4 Å². The summed E-state index contributed by atoms with van der Waals surface area (Å²) in [6.45, 7) is 4.19. The molecule has 0 aliphatic heterocycles. The highest BCUT2D eigenvalue weighted by Crippen LogP contribution is 2.14. The number of carbonyl (C=O) groups is 2. The molecule has 0 saturated heterocycles. The molecule has 0 aliphatic rings. The van der Waals surface area contributed by atoms with E-state index in [1.807, 2.05) is 32.0 Å². The molecule has 4 rings (SSSR count). The number of carbonyl (C=O) groups excluding carboxylic acids is 2. The average molecular weight is 417 g/mol. The van der Waals surface area contributed by atoms with Gasteiger partial charge in [0.1, 0.15) is 11.2 Å². The van der Waals surface area contributed by atoms with Crippen LogP contribution in [0.25, 0.3) is 16.6 Å². The maximum Gasteiger partial charge on any atom is 0.259 e. The van der Waals surface area contributed by atoms with Crippen molar-refractivity contribution >= 4 is 28.4 Å². The third-order valence-electron chi connectivity index (χ3n) is 5.37. The van der Waals surface area contributed by atoms with E-state index in [1.54, 1.807) is 46.8 Å². The number of aromatic nitrogens is 3. The molecule has 8 heteroatoms. The van der Waals surface area contributed by atoms with Crippen molar-refractivity contribution in [2.75, 3.05) is 7.05 Å². The third-order valence-corrected chi connectivity index (χ3v) is 5.37. The summed E-state index contributed by atoms with van der Waals surface area (Å²) in [5, 5.41) is 7.61. The Morgan fingerprint density at radius 2 is 1.84 bits per heavy atom. The lowest BCUT2D eigenvalue weighted by Crippen LogP contribution is -2.32. The fourth-order valence-corrected chi connectivity index (χ4v) is 3.32. The number of amides is 2. The summed E-state index contributed by atoms with van der Waals surface area (Å²) in [4.78, 5) is 41.9. The zero-order valence-corrected chi connectivity index (χ0v) is 17.5. The van der Waals surface area contributed by atoms with Crippen molar-refractivity contribution in [1.29, 1.82) is 0 Å². The molecule has 2 aromatic heterocycles. The topological polar surface area (TPSA) is 99.6 Å². The number of hydrogen-bond donors (Lipinski definition) is 2. The van der Waals surface area contributed by atoms with Gasteiger partial charge in [-0.25, -0.2) is 4.52 Å². The van der Waals surface area contributed by atoms with Crippen LogP contribution in [-0.4, -0.2) is 44.4 Å². The lowest BCUT2D eigenvalue weighted by atomic mass is 10.1. The van der Waals surface area contributed by atoms with Crippen molar-refractivity contribution in [2.24, 2.45) is 0 Å². The lowest BCUT2D eigenvalue weighted by Gasteiger charge is -2.21. The van der Waals surface area contributed by atoms with Gasteiger partial charge in [0.05, 0.1) is 17.1 Å². The molecule has 31 heavy (non-hydrogen) atoms. The number of rotatable bonds is 5. The second-order valence-corrected chi connectivity index (χ2v) is 7.68. The summed E-state index contributed by atoms with van der Waals surface area (Å²) in [5.74, 6) is -0.395. The molecule has 2 aromatic carbocycles. The summed E-state index contributed by atoms with van der Waals surface area (Å²) < 4.78 is 1.55. The normalized spacial score (nSPS) is 11.2. The number of benzene rings is 2. The monoisotopic (exact) mass is 417 g/mol. The van der Waals surface area contributed by atoms with Gasteiger partial charge in [-0.1, -0.05) is 24.3 Å². The zero-order valence-electron chi connectivity index (χ0n) is 17.5. The Balaban J connectivity index is 1.51. The molecule has 4 aromatic rings. The molecule has 0 radical (unpaired) electrons. The van der Waals surface area contributed by atoms with Crippen molar-refractivity contribution in [3.8, 4) is 0 Å². The van der Waals surface area contributed by atoms with E-state index in [0.29, 0.717) is 22.1 Å². The van der Waals surface area contributed by atoms with Gasteiger partial charge in [0, 0.05) is 25.2 Å². The van der Waals surface area contributed by atoms with E-state index in [9.17, 15) is 14.4 Å². The number of fused-ring (bicyclic) bond motifs is 3. The number of hydrogen-bond acceptors (Lipinski definition) is 4. The summed E-state index contributed by atoms with van der Waals surface area (Å²) in [7, 11) is 1.77. The molecule has 2 amide bonds. The minimum Gasteiger partial charge on any atom is -0.348 e. The van der Waals surface area contributed by atoms with Crippen LogP contribution in [0.4, 0.5) is 0 Å². The van der Waals surface area contributed by atoms with Crippen LogP contribution in [0.2, 0.25) is 0 Å². The smallest absolute Gasteiger partial charge is 0.259 e. The Morgan fingerprint density at radius 1 is 1.13 bits per heavy atom. The van der Waals surface area contributed by atoms with Crippen LogP contribution in [-0.2, 0) is 6.54 Å². The Labute approximate surface area is 178 Å². The largest absolute Gasteiger partial charge is 0.348 e. The summed E-state index contributed by atoms with van der Waals surface area (Å²) >= 11 is 0. The quantitative estimate of drug-likeness (QED) is 0.521. The molecule has 8 nitrogen and oxygen atoms in total. The maximum atomic E-state index is 12.7. The number of nitrogens with one attached hydrogen (secondary N) is 2. The molecule has 158 valence electrons. The summed E-state index contributed by atoms with van der Waals surface area (Å²) in [6.07, 6.45) is 1.44. The Bertz CT molecular complexity index is 1340. The van der Waals surface area contributed by atoms with Crippen LogP contribution in [0.3, 0.4) is 0 Å². The van der Waals surface area contributed by atoms with Crippen molar-refractivity contribution < 1.29 is 9.59 Å². The van der Waals surface area contributed by atoms with Crippen LogP contribution in [0.5, 0.6) is 0 Å². The minimum absolute atomic E-state index is 0.0480. The first-order valence-corrected chi connectivity index (χ1v) is 10.00. The van der Waals surface area contributed by atoms with Gasteiger partial charge in [-0.3, -0.25) is 14.4 Å². The highest BCUT2D eigenvalue weighted by molar-refractivity contribution is 6.00.